The standard InChI is InChI=1S/C18H16N4OS/c1-11-9-12(2)22(21-11)14-5-3-13(4-6-14)10-16-19-15-7-8-24-17(15)18(23)20-16/h3-9H,10H2,1-2H3,(H,19,20,23). The molecule has 0 aliphatic carbocycles. The molecular formula is C18H16N4OS. The minimum absolute atomic E-state index is 0.0655. The lowest BCUT2D eigenvalue weighted by molar-refractivity contribution is 0.832. The van der Waals surface area contributed by atoms with Crippen LogP contribution >= 0.6 is 11.3 Å². The van der Waals surface area contributed by atoms with Crippen LogP contribution in [0.15, 0.2) is 46.6 Å². The molecular weight excluding hydrogens is 320 g/mol. The molecule has 0 amide bonds. The Hall–Kier alpha value is -2.73. The molecule has 24 heavy (non-hydrogen) atoms. The molecule has 5 nitrogen and oxygen atoms in total. The molecule has 0 radical (unpaired) electrons. The molecule has 6 heteroatoms. The molecule has 0 spiro atoms. The van der Waals surface area contributed by atoms with Gasteiger partial charge in [0.1, 0.15) is 10.5 Å². The molecule has 1 aromatic carbocycles. The smallest absolute Gasteiger partial charge is 0.268 e. The number of hydrogen-bond acceptors (Lipinski definition) is 4. The van der Waals surface area contributed by atoms with Crippen molar-refractivity contribution in [2.24, 2.45) is 0 Å². The van der Waals surface area contributed by atoms with E-state index in [0.717, 1.165) is 28.2 Å². The maximum Gasteiger partial charge on any atom is 0.268 e. The van der Waals surface area contributed by atoms with Crippen LogP contribution in [0.5, 0.6) is 0 Å². The lowest BCUT2D eigenvalue weighted by Gasteiger charge is -2.06. The molecule has 0 bridgehead atoms. The van der Waals surface area contributed by atoms with Crippen LogP contribution in [0.2, 0.25) is 0 Å². The van der Waals surface area contributed by atoms with E-state index in [9.17, 15) is 4.79 Å². The molecule has 0 saturated carbocycles. The van der Waals surface area contributed by atoms with Crippen LogP contribution < -0.4 is 5.56 Å². The van der Waals surface area contributed by atoms with Crippen LogP contribution in [0.4, 0.5) is 0 Å². The predicted molar refractivity (Wildman–Crippen MR) is 96.1 cm³/mol. The van der Waals surface area contributed by atoms with Gasteiger partial charge in [0, 0.05) is 12.1 Å². The van der Waals surface area contributed by atoms with E-state index in [0.29, 0.717) is 16.9 Å². The third-order valence-electron chi connectivity index (χ3n) is 3.93. The second-order valence-electron chi connectivity index (χ2n) is 5.83. The maximum absolute atomic E-state index is 12.0. The first-order chi connectivity index (χ1) is 11.6. The van der Waals surface area contributed by atoms with Crippen molar-refractivity contribution < 1.29 is 0 Å². The third kappa shape index (κ3) is 2.65. The summed E-state index contributed by atoms with van der Waals surface area (Å²) in [7, 11) is 0. The largest absolute Gasteiger partial charge is 0.309 e. The van der Waals surface area contributed by atoms with Crippen LogP contribution in [0, 0.1) is 13.8 Å². The van der Waals surface area contributed by atoms with Crippen LogP contribution in [0.25, 0.3) is 15.9 Å². The second-order valence-corrected chi connectivity index (χ2v) is 6.75. The van der Waals surface area contributed by atoms with E-state index in [1.165, 1.54) is 11.3 Å². The molecule has 0 saturated heterocycles. The number of nitrogens with zero attached hydrogens (tertiary/aromatic N) is 3. The Morgan fingerprint density at radius 2 is 1.96 bits per heavy atom. The molecule has 4 rings (SSSR count). The van der Waals surface area contributed by atoms with Gasteiger partial charge in [0.25, 0.3) is 5.56 Å². The van der Waals surface area contributed by atoms with Crippen LogP contribution in [0.3, 0.4) is 0 Å². The van der Waals surface area contributed by atoms with Gasteiger partial charge in [0.2, 0.25) is 0 Å². The molecule has 120 valence electrons. The first-order valence-corrected chi connectivity index (χ1v) is 8.57. The molecule has 3 heterocycles. The number of nitrogens with one attached hydrogen (secondary N) is 1. The molecule has 0 aliphatic heterocycles. The fourth-order valence-corrected chi connectivity index (χ4v) is 3.57. The number of H-pyrrole nitrogens is 1. The zero-order valence-electron chi connectivity index (χ0n) is 13.4. The van der Waals surface area contributed by atoms with Crippen molar-refractivity contribution in [1.82, 2.24) is 19.7 Å². The highest BCUT2D eigenvalue weighted by Gasteiger charge is 2.07. The van der Waals surface area contributed by atoms with E-state index in [1.54, 1.807) is 0 Å². The van der Waals surface area contributed by atoms with E-state index >= 15 is 0 Å². The Morgan fingerprint density at radius 1 is 1.17 bits per heavy atom. The number of benzene rings is 1. The SMILES string of the molecule is Cc1cc(C)n(-c2ccc(Cc3nc4ccsc4c(=O)[nH]3)cc2)n1. The van der Waals surface area contributed by atoms with Crippen molar-refractivity contribution in [1.29, 1.82) is 0 Å². The lowest BCUT2D eigenvalue weighted by Crippen LogP contribution is -2.10. The molecule has 1 N–H and O–H groups in total. The first-order valence-electron chi connectivity index (χ1n) is 7.69. The van der Waals surface area contributed by atoms with Gasteiger partial charge in [-0.3, -0.25) is 4.79 Å². The Balaban J connectivity index is 1.63. The fourth-order valence-electron chi connectivity index (χ4n) is 2.84. The summed E-state index contributed by atoms with van der Waals surface area (Å²) in [5, 5.41) is 6.38. The summed E-state index contributed by atoms with van der Waals surface area (Å²) in [6, 6.07) is 12.1. The number of thiophene rings is 1. The minimum Gasteiger partial charge on any atom is -0.309 e. The quantitative estimate of drug-likeness (QED) is 0.624. The minimum atomic E-state index is -0.0655. The van der Waals surface area contributed by atoms with Crippen molar-refractivity contribution in [3.05, 3.63) is 74.9 Å². The second kappa shape index (κ2) is 5.72. The van der Waals surface area contributed by atoms with Crippen molar-refractivity contribution >= 4 is 21.6 Å². The lowest BCUT2D eigenvalue weighted by atomic mass is 10.1. The summed E-state index contributed by atoms with van der Waals surface area (Å²) >= 11 is 1.42. The van der Waals surface area contributed by atoms with Gasteiger partial charge in [-0.25, -0.2) is 9.67 Å². The molecule has 0 unspecified atom stereocenters. The predicted octanol–water partition coefficient (Wildman–Crippen LogP) is 3.38. The number of fused-ring (bicyclic) bond motifs is 1. The van der Waals surface area contributed by atoms with Gasteiger partial charge in [-0.05, 0) is 49.1 Å². The van der Waals surface area contributed by atoms with E-state index < -0.39 is 0 Å². The molecule has 0 fully saturated rings. The zero-order chi connectivity index (χ0) is 16.7. The van der Waals surface area contributed by atoms with E-state index in [-0.39, 0.29) is 5.56 Å². The first kappa shape index (κ1) is 14.8. The summed E-state index contributed by atoms with van der Waals surface area (Å²) in [6.07, 6.45) is 0.596. The number of aromatic nitrogens is 4. The van der Waals surface area contributed by atoms with Crippen molar-refractivity contribution in [3.8, 4) is 5.69 Å². The normalized spacial score (nSPS) is 11.2. The Morgan fingerprint density at radius 3 is 2.67 bits per heavy atom. The number of rotatable bonds is 3. The monoisotopic (exact) mass is 336 g/mol. The van der Waals surface area contributed by atoms with Crippen LogP contribution in [-0.4, -0.2) is 19.7 Å². The Labute approximate surface area is 142 Å². The highest BCUT2D eigenvalue weighted by molar-refractivity contribution is 7.17. The highest BCUT2D eigenvalue weighted by Crippen LogP contribution is 2.17. The van der Waals surface area contributed by atoms with E-state index in [1.807, 2.05) is 54.2 Å². The number of aryl methyl sites for hydroxylation is 2. The van der Waals surface area contributed by atoms with Gasteiger partial charge in [-0.1, -0.05) is 12.1 Å². The Kier molecular flexibility index (Phi) is 3.54. The average Bonchev–Trinajstić information content (AvgIpc) is 3.14. The van der Waals surface area contributed by atoms with Gasteiger partial charge in [0.05, 0.1) is 16.9 Å². The zero-order valence-corrected chi connectivity index (χ0v) is 14.2. The molecule has 4 aromatic rings. The van der Waals surface area contributed by atoms with Crippen LogP contribution in [-0.2, 0) is 6.42 Å². The highest BCUT2D eigenvalue weighted by atomic mass is 32.1. The maximum atomic E-state index is 12.0. The van der Waals surface area contributed by atoms with Gasteiger partial charge < -0.3 is 4.98 Å². The van der Waals surface area contributed by atoms with Gasteiger partial charge in [-0.2, -0.15) is 5.10 Å². The summed E-state index contributed by atoms with van der Waals surface area (Å²) in [4.78, 5) is 19.4. The Bertz CT molecular complexity index is 1070. The average molecular weight is 336 g/mol. The summed E-state index contributed by atoms with van der Waals surface area (Å²) in [5.41, 5.74) is 4.93. The van der Waals surface area contributed by atoms with Crippen molar-refractivity contribution in [2.45, 2.75) is 20.3 Å². The van der Waals surface area contributed by atoms with Gasteiger partial charge >= 0.3 is 0 Å². The topological polar surface area (TPSA) is 63.6 Å². The summed E-state index contributed by atoms with van der Waals surface area (Å²) in [6.45, 7) is 4.03. The van der Waals surface area contributed by atoms with Crippen molar-refractivity contribution in [2.75, 3.05) is 0 Å². The van der Waals surface area contributed by atoms with Gasteiger partial charge in [0.15, 0.2) is 0 Å². The molecule has 0 atom stereocenters. The number of hydrogen-bond donors (Lipinski definition) is 1. The van der Waals surface area contributed by atoms with Crippen molar-refractivity contribution in [3.63, 3.8) is 0 Å². The van der Waals surface area contributed by atoms with Gasteiger partial charge in [-0.15, -0.1) is 11.3 Å². The summed E-state index contributed by atoms with van der Waals surface area (Å²) < 4.78 is 2.61. The van der Waals surface area contributed by atoms with E-state index in [4.69, 9.17) is 0 Å². The molecule has 3 aromatic heterocycles. The molecule has 0 aliphatic rings. The number of aromatic amines is 1. The van der Waals surface area contributed by atoms with E-state index in [2.05, 4.69) is 21.1 Å². The van der Waals surface area contributed by atoms with Crippen LogP contribution in [0.1, 0.15) is 22.8 Å². The third-order valence-corrected chi connectivity index (χ3v) is 4.83. The fraction of sp³-hybridized carbons (Fsp3) is 0.167. The summed E-state index contributed by atoms with van der Waals surface area (Å²) in [5.74, 6) is 0.685.